The second kappa shape index (κ2) is 4.30. The van der Waals surface area contributed by atoms with Crippen molar-refractivity contribution in [1.29, 1.82) is 0 Å². The molecule has 0 aromatic carbocycles. The third kappa shape index (κ3) is 3.33. The van der Waals surface area contributed by atoms with Crippen LogP contribution >= 0.6 is 0 Å². The van der Waals surface area contributed by atoms with Crippen LogP contribution < -0.4 is 0 Å². The molecule has 0 unspecified atom stereocenters. The molecule has 0 saturated carbocycles. The van der Waals surface area contributed by atoms with Crippen LogP contribution in [0.2, 0.25) is 0 Å². The highest BCUT2D eigenvalue weighted by Gasteiger charge is 1.90. The Morgan fingerprint density at radius 3 is 3.00 bits per heavy atom. The zero-order valence-corrected chi connectivity index (χ0v) is 4.76. The van der Waals surface area contributed by atoms with E-state index in [0.29, 0.717) is 6.61 Å². The van der Waals surface area contributed by atoms with E-state index in [0.717, 1.165) is 6.21 Å². The Morgan fingerprint density at radius 2 is 2.62 bits per heavy atom. The zero-order chi connectivity index (χ0) is 6.41. The van der Waals surface area contributed by atoms with Crippen LogP contribution in [0.3, 0.4) is 0 Å². The maximum Gasteiger partial charge on any atom is 0.433 e. The van der Waals surface area contributed by atoms with Crippen LogP contribution in [-0.4, -0.2) is 18.9 Å². The highest BCUT2D eigenvalue weighted by atomic mass is 16.5. The van der Waals surface area contributed by atoms with Crippen molar-refractivity contribution in [3.8, 4) is 0 Å². The smallest absolute Gasteiger partial charge is 0.433 e. The molecule has 3 heteroatoms. The van der Waals surface area contributed by atoms with Gasteiger partial charge in [-0.15, -0.1) is 0 Å². The van der Waals surface area contributed by atoms with Crippen molar-refractivity contribution in [1.82, 2.24) is 0 Å². The molecule has 8 heavy (non-hydrogen) atoms. The summed E-state index contributed by atoms with van der Waals surface area (Å²) in [4.78, 5) is 13.4. The second-order valence-corrected chi connectivity index (χ2v) is 1.01. The second-order valence-electron chi connectivity index (χ2n) is 1.01. The van der Waals surface area contributed by atoms with Gasteiger partial charge < -0.3 is 4.74 Å². The van der Waals surface area contributed by atoms with Crippen molar-refractivity contribution < 1.29 is 9.53 Å². The lowest BCUT2D eigenvalue weighted by Gasteiger charge is -1.90. The van der Waals surface area contributed by atoms with Crippen LogP contribution in [0.25, 0.3) is 0 Å². The summed E-state index contributed by atoms with van der Waals surface area (Å²) >= 11 is 0. The van der Waals surface area contributed by atoms with Gasteiger partial charge in [0.15, 0.2) is 0 Å². The molecule has 0 aliphatic carbocycles. The van der Waals surface area contributed by atoms with Gasteiger partial charge in [0.1, 0.15) is 0 Å². The predicted octanol–water partition coefficient (Wildman–Crippen LogP) is 1.05. The minimum atomic E-state index is -0.581. The topological polar surface area (TPSA) is 38.7 Å². The summed E-state index contributed by atoms with van der Waals surface area (Å²) < 4.78 is 4.41. The molecule has 0 atom stereocenters. The van der Waals surface area contributed by atoms with Gasteiger partial charge in [0, 0.05) is 6.21 Å². The Morgan fingerprint density at radius 1 is 2.00 bits per heavy atom. The molecule has 0 aromatic heterocycles. The molecule has 0 saturated heterocycles. The Labute approximate surface area is 48.4 Å². The van der Waals surface area contributed by atoms with Crippen molar-refractivity contribution >= 4 is 12.3 Å². The predicted molar refractivity (Wildman–Crippen MR) is 30.9 cm³/mol. The summed E-state index contributed by atoms with van der Waals surface area (Å²) in [6.45, 7) is 5.29. The number of aliphatic imine (C=N–C) groups is 1. The maximum atomic E-state index is 10.2. The van der Waals surface area contributed by atoms with E-state index in [1.54, 1.807) is 6.92 Å². The van der Waals surface area contributed by atoms with Gasteiger partial charge in [0.25, 0.3) is 0 Å². The van der Waals surface area contributed by atoms with Crippen LogP contribution in [0.1, 0.15) is 6.92 Å². The number of carbonyl (C=O) groups excluding carboxylic acids is 1. The summed E-state index contributed by atoms with van der Waals surface area (Å²) in [5, 5.41) is 0. The largest absolute Gasteiger partial charge is 0.448 e. The van der Waals surface area contributed by atoms with E-state index in [-0.39, 0.29) is 0 Å². The van der Waals surface area contributed by atoms with Gasteiger partial charge in [-0.3, -0.25) is 0 Å². The Balaban J connectivity index is 3.33. The lowest BCUT2D eigenvalue weighted by molar-refractivity contribution is 0.164. The Bertz CT molecular complexity index is 98.6. The molecule has 0 aliphatic heterocycles. The normalized spacial score (nSPS) is 9.75. The van der Waals surface area contributed by atoms with E-state index in [1.165, 1.54) is 0 Å². The van der Waals surface area contributed by atoms with Gasteiger partial charge in [0.05, 0.1) is 6.61 Å². The molecule has 0 N–H and O–H groups in total. The highest BCUT2D eigenvalue weighted by Crippen LogP contribution is 1.79. The Kier molecular flexibility index (Phi) is 3.84. The third-order valence-corrected chi connectivity index (χ3v) is 0.465. The molecule has 1 radical (unpaired) electrons. The minimum absolute atomic E-state index is 0.357. The molecule has 1 amide bonds. The van der Waals surface area contributed by atoms with E-state index >= 15 is 0 Å². The molecule has 3 nitrogen and oxygen atoms in total. The van der Waals surface area contributed by atoms with Crippen molar-refractivity contribution in [2.24, 2.45) is 4.99 Å². The lowest BCUT2D eigenvalue weighted by atomic mass is 10.8. The first kappa shape index (κ1) is 7.14. The van der Waals surface area contributed by atoms with E-state index in [2.05, 4.69) is 16.7 Å². The van der Waals surface area contributed by atoms with Crippen LogP contribution in [0.4, 0.5) is 4.79 Å². The van der Waals surface area contributed by atoms with Crippen molar-refractivity contribution in [2.45, 2.75) is 6.92 Å². The van der Waals surface area contributed by atoms with E-state index < -0.39 is 6.09 Å². The van der Waals surface area contributed by atoms with Gasteiger partial charge >= 0.3 is 6.09 Å². The first-order valence-electron chi connectivity index (χ1n) is 2.29. The molecular weight excluding hydrogens is 106 g/mol. The van der Waals surface area contributed by atoms with Crippen molar-refractivity contribution in [3.63, 3.8) is 0 Å². The fourth-order valence-electron chi connectivity index (χ4n) is 0.235. The minimum Gasteiger partial charge on any atom is -0.448 e. The SMILES string of the molecule is [CH2]C=NC(=O)OCC. The summed E-state index contributed by atoms with van der Waals surface area (Å²) in [5.41, 5.74) is 0. The quantitative estimate of drug-likeness (QED) is 0.478. The summed E-state index contributed by atoms with van der Waals surface area (Å²) in [6.07, 6.45) is 0.570. The summed E-state index contributed by atoms with van der Waals surface area (Å²) in [6, 6.07) is 0. The van der Waals surface area contributed by atoms with Crippen LogP contribution in [0, 0.1) is 6.92 Å². The average molecular weight is 114 g/mol. The van der Waals surface area contributed by atoms with Crippen LogP contribution in [0.5, 0.6) is 0 Å². The third-order valence-electron chi connectivity index (χ3n) is 0.465. The molecule has 0 fully saturated rings. The molecule has 0 bridgehead atoms. The van der Waals surface area contributed by atoms with Gasteiger partial charge in [-0.05, 0) is 13.8 Å². The summed E-state index contributed by atoms with van der Waals surface area (Å²) in [5.74, 6) is 0. The Hall–Kier alpha value is -0.860. The standard InChI is InChI=1S/C5H8NO2/c1-3-6-5(7)8-4-2/h3H,1,4H2,2H3. The number of hydrogen-bond acceptors (Lipinski definition) is 2. The van der Waals surface area contributed by atoms with Crippen LogP contribution in [-0.2, 0) is 4.74 Å². The number of nitrogens with zero attached hydrogens (tertiary/aromatic N) is 1. The number of hydrogen-bond donors (Lipinski definition) is 0. The molecule has 0 aromatic rings. The first-order chi connectivity index (χ1) is 3.81. The van der Waals surface area contributed by atoms with E-state index in [4.69, 9.17) is 0 Å². The highest BCUT2D eigenvalue weighted by molar-refractivity contribution is 5.80. The van der Waals surface area contributed by atoms with Crippen molar-refractivity contribution in [2.75, 3.05) is 6.61 Å². The monoisotopic (exact) mass is 114 g/mol. The first-order valence-corrected chi connectivity index (χ1v) is 2.29. The number of amides is 1. The number of ether oxygens (including phenoxy) is 1. The van der Waals surface area contributed by atoms with Gasteiger partial charge in [0.2, 0.25) is 0 Å². The zero-order valence-electron chi connectivity index (χ0n) is 4.76. The summed E-state index contributed by atoms with van der Waals surface area (Å²) in [7, 11) is 0. The molecule has 0 rings (SSSR count). The fourth-order valence-corrected chi connectivity index (χ4v) is 0.235. The molecule has 0 aliphatic rings. The van der Waals surface area contributed by atoms with E-state index in [1.807, 2.05) is 0 Å². The van der Waals surface area contributed by atoms with Crippen LogP contribution in [0.15, 0.2) is 4.99 Å². The van der Waals surface area contributed by atoms with Crippen molar-refractivity contribution in [3.05, 3.63) is 6.92 Å². The average Bonchev–Trinajstić information content (AvgIpc) is 1.68. The van der Waals surface area contributed by atoms with Gasteiger partial charge in [-0.1, -0.05) is 0 Å². The molecule has 0 heterocycles. The van der Waals surface area contributed by atoms with E-state index in [9.17, 15) is 4.79 Å². The van der Waals surface area contributed by atoms with Gasteiger partial charge in [-0.2, -0.15) is 4.99 Å². The molecular formula is C5H8NO2. The molecule has 0 spiro atoms. The van der Waals surface area contributed by atoms with Gasteiger partial charge in [-0.25, -0.2) is 4.79 Å². The lowest BCUT2D eigenvalue weighted by Crippen LogP contribution is -1.96. The maximum absolute atomic E-state index is 10.2. The fraction of sp³-hybridized carbons (Fsp3) is 0.400. The number of carbonyl (C=O) groups is 1. The number of rotatable bonds is 1. The molecule has 45 valence electrons.